The van der Waals surface area contributed by atoms with Crippen molar-refractivity contribution in [1.29, 1.82) is 0 Å². The summed E-state index contributed by atoms with van der Waals surface area (Å²) in [6, 6.07) is 7.23. The Morgan fingerprint density at radius 3 is 2.53 bits per heavy atom. The number of amides is 1. The molecule has 1 aromatic carbocycles. The number of methoxy groups -OCH3 is 1. The summed E-state index contributed by atoms with van der Waals surface area (Å²) in [4.78, 5) is 14.6. The predicted molar refractivity (Wildman–Crippen MR) is 121 cm³/mol. The highest BCUT2D eigenvalue weighted by Gasteiger charge is 2.30. The first kappa shape index (κ1) is 23.0. The summed E-state index contributed by atoms with van der Waals surface area (Å²) in [5, 5.41) is 4.74. The second-order valence-corrected chi connectivity index (χ2v) is 9.72. The van der Waals surface area contributed by atoms with Gasteiger partial charge in [0, 0.05) is 18.0 Å². The van der Waals surface area contributed by atoms with E-state index in [-0.39, 0.29) is 11.7 Å². The van der Waals surface area contributed by atoms with Crippen LogP contribution in [0.5, 0.6) is 5.75 Å². The molecule has 0 spiro atoms. The number of nitrogens with zero attached hydrogens (tertiary/aromatic N) is 1. The zero-order valence-electron chi connectivity index (χ0n) is 17.8. The molecule has 0 aliphatic heterocycles. The van der Waals surface area contributed by atoms with Gasteiger partial charge in [-0.15, -0.1) is 11.3 Å². The normalized spacial score (nSPS) is 20.2. The van der Waals surface area contributed by atoms with E-state index in [0.29, 0.717) is 40.1 Å². The Balaban J connectivity index is 1.48. The van der Waals surface area contributed by atoms with E-state index in [9.17, 15) is 9.18 Å². The van der Waals surface area contributed by atoms with Crippen LogP contribution in [0.4, 0.5) is 4.39 Å². The van der Waals surface area contributed by atoms with Gasteiger partial charge in [-0.05, 0) is 62.9 Å². The molecule has 2 aromatic rings. The monoisotopic (exact) mass is 452 g/mol. The molecule has 1 atom stereocenters. The Morgan fingerprint density at radius 2 is 1.93 bits per heavy atom. The molecule has 7 heteroatoms. The Kier molecular flexibility index (Phi) is 8.14. The summed E-state index contributed by atoms with van der Waals surface area (Å²) in [5.74, 6) is 1.31. The highest BCUT2D eigenvalue weighted by molar-refractivity contribution is 7.15. The van der Waals surface area contributed by atoms with Crippen LogP contribution in [0, 0.1) is 17.7 Å². The van der Waals surface area contributed by atoms with Crippen LogP contribution in [-0.2, 0) is 0 Å². The maximum atomic E-state index is 13.3. The number of ether oxygens (including phenoxy) is 1. The summed E-state index contributed by atoms with van der Waals surface area (Å²) < 4.78 is 19.0. The highest BCUT2D eigenvalue weighted by atomic mass is 35.5. The number of carbonyl (C=O) groups excluding carboxylic acids is 1. The fourth-order valence-electron chi connectivity index (χ4n) is 4.60. The lowest BCUT2D eigenvalue weighted by atomic mass is 9.75. The molecule has 1 heterocycles. The van der Waals surface area contributed by atoms with Gasteiger partial charge in [0.2, 0.25) is 0 Å². The van der Waals surface area contributed by atoms with Gasteiger partial charge in [-0.3, -0.25) is 4.79 Å². The van der Waals surface area contributed by atoms with Crippen LogP contribution in [0.1, 0.15) is 54.1 Å². The van der Waals surface area contributed by atoms with E-state index in [2.05, 4.69) is 24.3 Å². The summed E-state index contributed by atoms with van der Waals surface area (Å²) in [6.45, 7) is 0.653. The van der Waals surface area contributed by atoms with Crippen molar-refractivity contribution in [2.45, 2.75) is 38.1 Å². The molecule has 1 unspecified atom stereocenters. The molecular weight excluding hydrogens is 423 g/mol. The van der Waals surface area contributed by atoms with E-state index >= 15 is 0 Å². The number of hydrogen-bond donors (Lipinski definition) is 1. The quantitative estimate of drug-likeness (QED) is 0.552. The number of benzene rings is 1. The minimum atomic E-state index is -0.190. The van der Waals surface area contributed by atoms with E-state index in [4.69, 9.17) is 16.3 Å². The molecular formula is C23H30ClFN2O2S. The van der Waals surface area contributed by atoms with Crippen LogP contribution < -0.4 is 10.1 Å². The number of hydrogen-bond acceptors (Lipinski definition) is 4. The van der Waals surface area contributed by atoms with Gasteiger partial charge < -0.3 is 15.0 Å². The van der Waals surface area contributed by atoms with Gasteiger partial charge in [-0.25, -0.2) is 4.39 Å². The lowest BCUT2D eigenvalue weighted by molar-refractivity contribution is 0.0944. The second kappa shape index (κ2) is 10.6. The minimum Gasteiger partial charge on any atom is -0.493 e. The molecule has 1 amide bonds. The third-order valence-electron chi connectivity index (χ3n) is 6.10. The third kappa shape index (κ3) is 5.54. The van der Waals surface area contributed by atoms with Crippen LogP contribution in [0.25, 0.3) is 0 Å². The molecule has 1 aliphatic carbocycles. The first-order valence-electron chi connectivity index (χ1n) is 10.4. The van der Waals surface area contributed by atoms with E-state index in [1.54, 1.807) is 17.5 Å². The average Bonchev–Trinajstić information content (AvgIpc) is 3.11. The number of halogens is 2. The fourth-order valence-corrected chi connectivity index (χ4v) is 5.65. The second-order valence-electron chi connectivity index (χ2n) is 8.24. The first-order chi connectivity index (χ1) is 14.4. The maximum Gasteiger partial charge on any atom is 0.255 e. The zero-order chi connectivity index (χ0) is 21.7. The van der Waals surface area contributed by atoms with Crippen LogP contribution in [-0.4, -0.2) is 38.6 Å². The summed E-state index contributed by atoms with van der Waals surface area (Å²) in [5.41, 5.74) is 1.69. The van der Waals surface area contributed by atoms with Gasteiger partial charge in [-0.2, -0.15) is 0 Å². The van der Waals surface area contributed by atoms with E-state index in [1.807, 2.05) is 12.1 Å². The molecule has 1 N–H and O–H groups in total. The van der Waals surface area contributed by atoms with Crippen molar-refractivity contribution in [3.8, 4) is 5.75 Å². The predicted octanol–water partition coefficient (Wildman–Crippen LogP) is 5.78. The molecule has 1 aromatic heterocycles. The van der Waals surface area contributed by atoms with E-state index in [0.717, 1.165) is 32.1 Å². The molecule has 1 aliphatic rings. The lowest BCUT2D eigenvalue weighted by Gasteiger charge is -2.37. The molecule has 4 nitrogen and oxygen atoms in total. The topological polar surface area (TPSA) is 41.6 Å². The largest absolute Gasteiger partial charge is 0.493 e. The van der Waals surface area contributed by atoms with Gasteiger partial charge in [0.05, 0.1) is 12.7 Å². The maximum absolute atomic E-state index is 13.3. The Labute approximate surface area is 187 Å². The summed E-state index contributed by atoms with van der Waals surface area (Å²) >= 11 is 7.35. The molecule has 0 saturated heterocycles. The van der Waals surface area contributed by atoms with Gasteiger partial charge in [0.1, 0.15) is 10.2 Å². The van der Waals surface area contributed by atoms with Crippen LogP contribution >= 0.6 is 22.9 Å². The highest BCUT2D eigenvalue weighted by Crippen LogP contribution is 2.40. The van der Waals surface area contributed by atoms with E-state index < -0.39 is 0 Å². The van der Waals surface area contributed by atoms with Crippen molar-refractivity contribution in [3.05, 3.63) is 50.9 Å². The number of rotatable bonds is 8. The summed E-state index contributed by atoms with van der Waals surface area (Å²) in [7, 11) is 5.72. The molecule has 30 heavy (non-hydrogen) atoms. The molecule has 1 saturated carbocycles. The van der Waals surface area contributed by atoms with Crippen LogP contribution in [0.15, 0.2) is 29.6 Å². The van der Waals surface area contributed by atoms with Crippen molar-refractivity contribution < 1.29 is 13.9 Å². The van der Waals surface area contributed by atoms with Gasteiger partial charge in [0.25, 0.3) is 5.91 Å². The van der Waals surface area contributed by atoms with Crippen molar-refractivity contribution in [1.82, 2.24) is 10.2 Å². The third-order valence-corrected chi connectivity index (χ3v) is 7.28. The molecule has 0 bridgehead atoms. The number of nitrogens with one attached hydrogen (secondary N) is 1. The fraction of sp³-hybridized carbons (Fsp3) is 0.522. The Morgan fingerprint density at radius 1 is 1.27 bits per heavy atom. The average molecular weight is 453 g/mol. The summed E-state index contributed by atoms with van der Waals surface area (Å²) in [6.07, 6.45) is 5.57. The minimum absolute atomic E-state index is 0.132. The van der Waals surface area contributed by atoms with Crippen molar-refractivity contribution >= 4 is 28.8 Å². The van der Waals surface area contributed by atoms with E-state index in [1.165, 1.54) is 24.0 Å². The first-order valence-corrected chi connectivity index (χ1v) is 11.7. The van der Waals surface area contributed by atoms with Crippen LogP contribution in [0.2, 0.25) is 4.34 Å². The van der Waals surface area contributed by atoms with Crippen molar-refractivity contribution in [2.24, 2.45) is 11.8 Å². The molecule has 0 radical (unpaired) electrons. The molecule has 1 fully saturated rings. The Hall–Kier alpha value is -1.63. The lowest BCUT2D eigenvalue weighted by Crippen LogP contribution is -2.31. The Bertz CT molecular complexity index is 832. The van der Waals surface area contributed by atoms with Gasteiger partial charge >= 0.3 is 0 Å². The smallest absolute Gasteiger partial charge is 0.255 e. The zero-order valence-corrected chi connectivity index (χ0v) is 19.4. The van der Waals surface area contributed by atoms with Crippen molar-refractivity contribution in [2.75, 3.05) is 27.7 Å². The standard InChI is InChI=1S/C23H30ClFN2O2S/c1-27(2)20(17-8-10-18(25)11-9-17)16-6-4-15(5-7-16)12-13-26-23(28)19-14-30-22(24)21(19)29-3/h8-11,14-16,20H,4-7,12-13H2,1-3H3,(H,26,28). The van der Waals surface area contributed by atoms with Gasteiger partial charge in [0.15, 0.2) is 5.75 Å². The number of carbonyl (C=O) groups is 1. The van der Waals surface area contributed by atoms with Crippen molar-refractivity contribution in [3.63, 3.8) is 0 Å². The molecule has 164 valence electrons. The van der Waals surface area contributed by atoms with Crippen LogP contribution in [0.3, 0.4) is 0 Å². The number of thiophene rings is 1. The molecule has 3 rings (SSSR count). The SMILES string of the molecule is COc1c(C(=O)NCCC2CCC(C(c3ccc(F)cc3)N(C)C)CC2)csc1Cl. The van der Waals surface area contributed by atoms with Gasteiger partial charge in [-0.1, -0.05) is 36.6 Å².